The van der Waals surface area contributed by atoms with Crippen molar-refractivity contribution in [3.8, 4) is 5.75 Å². The van der Waals surface area contributed by atoms with Gasteiger partial charge in [-0.05, 0) is 25.5 Å². The van der Waals surface area contributed by atoms with Crippen LogP contribution in [0.2, 0.25) is 0 Å². The van der Waals surface area contributed by atoms with Gasteiger partial charge in [-0.15, -0.1) is 11.6 Å². The minimum absolute atomic E-state index is 0.0977. The van der Waals surface area contributed by atoms with Crippen molar-refractivity contribution in [2.45, 2.75) is 24.8 Å². The molecule has 1 fully saturated rings. The maximum Gasteiger partial charge on any atom is 0.121 e. The molecule has 0 bridgehead atoms. The van der Waals surface area contributed by atoms with E-state index in [1.54, 1.807) is 6.61 Å². The molecule has 1 aromatic carbocycles. The summed E-state index contributed by atoms with van der Waals surface area (Å²) in [6.45, 7) is 5.05. The summed E-state index contributed by atoms with van der Waals surface area (Å²) in [5, 5.41) is 3.31. The molecule has 0 saturated carbocycles. The van der Waals surface area contributed by atoms with Gasteiger partial charge in [-0.1, -0.05) is 6.07 Å². The van der Waals surface area contributed by atoms with E-state index in [-0.39, 0.29) is 11.4 Å². The predicted molar refractivity (Wildman–Crippen MR) is 69.5 cm³/mol. The van der Waals surface area contributed by atoms with Crippen LogP contribution in [0.15, 0.2) is 24.3 Å². The molecule has 1 saturated heterocycles. The van der Waals surface area contributed by atoms with Gasteiger partial charge in [0.25, 0.3) is 0 Å². The maximum atomic E-state index is 6.16. The predicted octanol–water partition coefficient (Wildman–Crippen LogP) is 3.06. The van der Waals surface area contributed by atoms with E-state index in [1.807, 2.05) is 31.2 Å². The van der Waals surface area contributed by atoms with Crippen molar-refractivity contribution in [3.05, 3.63) is 30.9 Å². The number of hydrogen-bond acceptors (Lipinski definition) is 3. The third-order valence-electron chi connectivity index (χ3n) is 2.65. The fourth-order valence-corrected chi connectivity index (χ4v) is 2.08. The zero-order valence-corrected chi connectivity index (χ0v) is 10.6. The van der Waals surface area contributed by atoms with Gasteiger partial charge in [0.1, 0.15) is 12.4 Å². The van der Waals surface area contributed by atoms with Crippen molar-refractivity contribution in [3.63, 3.8) is 0 Å². The molecule has 1 aliphatic rings. The lowest BCUT2D eigenvalue weighted by atomic mass is 10.1. The SMILES string of the molecule is CCOc1cccc(NC2CCO[CH]C2Cl)c1. The first-order chi connectivity index (χ1) is 8.29. The number of benzene rings is 1. The first-order valence-corrected chi connectivity index (χ1v) is 6.31. The van der Waals surface area contributed by atoms with Crippen LogP contribution >= 0.6 is 11.6 Å². The van der Waals surface area contributed by atoms with Gasteiger partial charge in [-0.2, -0.15) is 0 Å². The highest BCUT2D eigenvalue weighted by Gasteiger charge is 2.24. The van der Waals surface area contributed by atoms with Gasteiger partial charge in [-0.3, -0.25) is 0 Å². The Morgan fingerprint density at radius 1 is 1.53 bits per heavy atom. The van der Waals surface area contributed by atoms with Gasteiger partial charge in [0.05, 0.1) is 12.0 Å². The highest BCUT2D eigenvalue weighted by molar-refractivity contribution is 6.22. The summed E-state index contributed by atoms with van der Waals surface area (Å²) in [7, 11) is 0. The largest absolute Gasteiger partial charge is 0.494 e. The number of hydrogen-bond donors (Lipinski definition) is 1. The molecule has 1 heterocycles. The summed E-state index contributed by atoms with van der Waals surface area (Å²) < 4.78 is 10.6. The van der Waals surface area contributed by atoms with Crippen LogP contribution in [0.3, 0.4) is 0 Å². The average molecular weight is 255 g/mol. The van der Waals surface area contributed by atoms with Gasteiger partial charge >= 0.3 is 0 Å². The third kappa shape index (κ3) is 3.51. The van der Waals surface area contributed by atoms with Crippen molar-refractivity contribution < 1.29 is 9.47 Å². The lowest BCUT2D eigenvalue weighted by Crippen LogP contribution is -2.35. The fraction of sp³-hybridized carbons (Fsp3) is 0.462. The van der Waals surface area contributed by atoms with Crippen molar-refractivity contribution in [1.29, 1.82) is 0 Å². The zero-order chi connectivity index (χ0) is 12.1. The molecule has 0 spiro atoms. The summed E-state index contributed by atoms with van der Waals surface area (Å²) in [5.74, 6) is 0.875. The summed E-state index contributed by atoms with van der Waals surface area (Å²) in [4.78, 5) is 0. The first kappa shape index (κ1) is 12.5. The van der Waals surface area contributed by atoms with Crippen LogP contribution in [-0.4, -0.2) is 24.6 Å². The minimum atomic E-state index is -0.0977. The molecule has 1 radical (unpaired) electrons. The highest BCUT2D eigenvalue weighted by atomic mass is 35.5. The number of rotatable bonds is 4. The lowest BCUT2D eigenvalue weighted by molar-refractivity contribution is 0.151. The Morgan fingerprint density at radius 2 is 2.41 bits per heavy atom. The molecule has 0 aliphatic carbocycles. The van der Waals surface area contributed by atoms with Crippen LogP contribution in [-0.2, 0) is 4.74 Å². The van der Waals surface area contributed by atoms with Crippen LogP contribution in [0.5, 0.6) is 5.75 Å². The number of halogens is 1. The van der Waals surface area contributed by atoms with Crippen LogP contribution in [0.4, 0.5) is 5.69 Å². The molecular weight excluding hydrogens is 238 g/mol. The average Bonchev–Trinajstić information content (AvgIpc) is 2.33. The maximum absolute atomic E-state index is 6.16. The second-order valence-corrected chi connectivity index (χ2v) is 4.46. The van der Waals surface area contributed by atoms with Gasteiger partial charge < -0.3 is 14.8 Å². The topological polar surface area (TPSA) is 30.5 Å². The van der Waals surface area contributed by atoms with E-state index in [0.29, 0.717) is 13.2 Å². The quantitative estimate of drug-likeness (QED) is 0.838. The second kappa shape index (κ2) is 6.12. The Labute approximate surface area is 107 Å². The molecule has 3 nitrogen and oxygen atoms in total. The molecule has 1 aromatic rings. The minimum Gasteiger partial charge on any atom is -0.494 e. The number of nitrogens with one attached hydrogen (secondary N) is 1. The van der Waals surface area contributed by atoms with E-state index < -0.39 is 0 Å². The Morgan fingerprint density at radius 3 is 3.18 bits per heavy atom. The van der Waals surface area contributed by atoms with Crippen LogP contribution in [0, 0.1) is 6.61 Å². The van der Waals surface area contributed by atoms with Gasteiger partial charge in [0.15, 0.2) is 0 Å². The van der Waals surface area contributed by atoms with Gasteiger partial charge in [0, 0.05) is 24.4 Å². The molecule has 93 valence electrons. The zero-order valence-electron chi connectivity index (χ0n) is 9.86. The van der Waals surface area contributed by atoms with Crippen LogP contribution in [0.25, 0.3) is 0 Å². The molecule has 0 aromatic heterocycles. The number of ether oxygens (including phenoxy) is 2. The van der Waals surface area contributed by atoms with Crippen molar-refractivity contribution in [2.24, 2.45) is 0 Å². The Bertz CT molecular complexity index is 359. The summed E-state index contributed by atoms with van der Waals surface area (Å²) >= 11 is 6.16. The smallest absolute Gasteiger partial charge is 0.121 e. The van der Waals surface area contributed by atoms with Crippen molar-refractivity contribution in [2.75, 3.05) is 18.5 Å². The Balaban J connectivity index is 1.99. The van der Waals surface area contributed by atoms with Crippen molar-refractivity contribution in [1.82, 2.24) is 0 Å². The number of anilines is 1. The summed E-state index contributed by atoms with van der Waals surface area (Å²) in [5.41, 5.74) is 1.03. The molecule has 17 heavy (non-hydrogen) atoms. The monoisotopic (exact) mass is 254 g/mol. The first-order valence-electron chi connectivity index (χ1n) is 5.88. The second-order valence-electron chi connectivity index (χ2n) is 3.95. The lowest BCUT2D eigenvalue weighted by Gasteiger charge is -2.28. The third-order valence-corrected chi connectivity index (χ3v) is 3.06. The van der Waals surface area contributed by atoms with Crippen molar-refractivity contribution >= 4 is 17.3 Å². The van der Waals surface area contributed by atoms with E-state index in [0.717, 1.165) is 17.9 Å². The summed E-state index contributed by atoms with van der Waals surface area (Å²) in [6, 6.07) is 8.13. The molecule has 0 amide bonds. The Hall–Kier alpha value is -0.930. The molecular formula is C13H17ClNO2. The fourth-order valence-electron chi connectivity index (χ4n) is 1.82. The molecule has 4 heteroatoms. The molecule has 2 atom stereocenters. The molecule has 2 rings (SSSR count). The van der Waals surface area contributed by atoms with Gasteiger partial charge in [0.2, 0.25) is 0 Å². The van der Waals surface area contributed by atoms with Crippen LogP contribution in [0.1, 0.15) is 13.3 Å². The standard InChI is InChI=1S/C13H17ClNO2/c1-2-17-11-5-3-4-10(8-11)15-13-6-7-16-9-12(13)14/h3-5,8-9,12-13,15H,2,6-7H2,1H3. The van der Waals surface area contributed by atoms with E-state index >= 15 is 0 Å². The van der Waals surface area contributed by atoms with E-state index in [1.165, 1.54) is 0 Å². The molecule has 2 unspecified atom stereocenters. The normalized spacial score (nSPS) is 24.4. The highest BCUT2D eigenvalue weighted by Crippen LogP contribution is 2.23. The molecule has 1 aliphatic heterocycles. The number of alkyl halides is 1. The van der Waals surface area contributed by atoms with Crippen LogP contribution < -0.4 is 10.1 Å². The Kier molecular flexibility index (Phi) is 4.51. The van der Waals surface area contributed by atoms with Gasteiger partial charge in [-0.25, -0.2) is 0 Å². The van der Waals surface area contributed by atoms with E-state index in [4.69, 9.17) is 21.1 Å². The van der Waals surface area contributed by atoms with E-state index in [9.17, 15) is 0 Å². The molecule has 1 N–H and O–H groups in total. The van der Waals surface area contributed by atoms with E-state index in [2.05, 4.69) is 5.32 Å². The summed E-state index contributed by atoms with van der Waals surface area (Å²) in [6.07, 6.45) is 0.906.